The Hall–Kier alpha value is -4.01. The fourth-order valence-electron chi connectivity index (χ4n) is 3.31. The zero-order valence-corrected chi connectivity index (χ0v) is 17.8. The smallest absolute Gasteiger partial charge is 0.418 e. The number of ether oxygens (including phenoxy) is 3. The third kappa shape index (κ3) is 4.92. The lowest BCUT2D eigenvalue weighted by atomic mass is 10.1. The van der Waals surface area contributed by atoms with Crippen molar-refractivity contribution in [2.45, 2.75) is 12.8 Å². The molecule has 0 atom stereocenters. The van der Waals surface area contributed by atoms with E-state index in [2.05, 4.69) is 15.3 Å². The van der Waals surface area contributed by atoms with Crippen LogP contribution in [0.15, 0.2) is 67.0 Å². The van der Waals surface area contributed by atoms with E-state index in [9.17, 15) is 13.2 Å². The van der Waals surface area contributed by atoms with Crippen molar-refractivity contribution in [1.29, 1.82) is 0 Å². The second kappa shape index (κ2) is 9.23. The lowest BCUT2D eigenvalue weighted by Crippen LogP contribution is -2.10. The Kier molecular flexibility index (Phi) is 6.21. The molecular weight excluding hydrogens is 435 g/mol. The predicted molar refractivity (Wildman–Crippen MR) is 118 cm³/mol. The number of halogens is 3. The van der Waals surface area contributed by atoms with Gasteiger partial charge < -0.3 is 19.5 Å². The standard InChI is InChI=1S/C24H20F3N3O3/c1-31-21-11-17-20(12-22(21)32-2)28-14-29-23(17)30-19-9-8-16(10-18(19)24(25,26)27)33-13-15-6-4-3-5-7-15/h3-12,14H,13H2,1-2H3,(H,28,29,30). The number of hydrogen-bond acceptors (Lipinski definition) is 6. The molecule has 0 unspecified atom stereocenters. The molecule has 0 aliphatic carbocycles. The number of anilines is 2. The van der Waals surface area contributed by atoms with E-state index in [0.717, 1.165) is 11.6 Å². The quantitative estimate of drug-likeness (QED) is 0.369. The fourth-order valence-corrected chi connectivity index (χ4v) is 3.31. The molecule has 9 heteroatoms. The van der Waals surface area contributed by atoms with E-state index < -0.39 is 11.7 Å². The maximum Gasteiger partial charge on any atom is 0.418 e. The Morgan fingerprint density at radius 2 is 1.61 bits per heavy atom. The first kappa shape index (κ1) is 22.2. The summed E-state index contributed by atoms with van der Waals surface area (Å²) in [5.74, 6) is 1.16. The molecule has 4 rings (SSSR count). The highest BCUT2D eigenvalue weighted by Gasteiger charge is 2.34. The minimum atomic E-state index is -4.61. The molecule has 6 nitrogen and oxygen atoms in total. The molecule has 3 aromatic carbocycles. The van der Waals surface area contributed by atoms with Crippen LogP contribution in [0.3, 0.4) is 0 Å². The van der Waals surface area contributed by atoms with E-state index in [4.69, 9.17) is 14.2 Å². The Morgan fingerprint density at radius 1 is 0.879 bits per heavy atom. The van der Waals surface area contributed by atoms with Gasteiger partial charge in [0.2, 0.25) is 0 Å². The Morgan fingerprint density at radius 3 is 2.30 bits per heavy atom. The average Bonchev–Trinajstić information content (AvgIpc) is 2.82. The summed E-state index contributed by atoms with van der Waals surface area (Å²) in [6.45, 7) is 0.156. The number of methoxy groups -OCH3 is 2. The number of benzene rings is 3. The molecule has 0 aliphatic rings. The van der Waals surface area contributed by atoms with Gasteiger partial charge in [-0.3, -0.25) is 0 Å². The Labute approximate surface area is 188 Å². The summed E-state index contributed by atoms with van der Waals surface area (Å²) in [5.41, 5.74) is 0.302. The van der Waals surface area contributed by atoms with Crippen LogP contribution in [0.5, 0.6) is 17.2 Å². The van der Waals surface area contributed by atoms with Gasteiger partial charge in [-0.25, -0.2) is 9.97 Å². The van der Waals surface area contributed by atoms with E-state index in [1.165, 1.54) is 32.7 Å². The van der Waals surface area contributed by atoms with Crippen LogP contribution in [0.2, 0.25) is 0 Å². The number of hydrogen-bond donors (Lipinski definition) is 1. The van der Waals surface area contributed by atoms with E-state index >= 15 is 0 Å². The summed E-state index contributed by atoms with van der Waals surface area (Å²) < 4.78 is 57.7. The van der Waals surface area contributed by atoms with Crippen molar-refractivity contribution in [2.75, 3.05) is 19.5 Å². The second-order valence-electron chi connectivity index (χ2n) is 7.05. The van der Waals surface area contributed by atoms with Crippen molar-refractivity contribution in [1.82, 2.24) is 9.97 Å². The van der Waals surface area contributed by atoms with Crippen LogP contribution in [-0.4, -0.2) is 24.2 Å². The summed E-state index contributed by atoms with van der Waals surface area (Å²) >= 11 is 0. The molecule has 0 amide bonds. The van der Waals surface area contributed by atoms with Crippen LogP contribution in [0.1, 0.15) is 11.1 Å². The maximum atomic E-state index is 13.9. The first-order chi connectivity index (χ1) is 15.9. The molecule has 0 spiro atoms. The average molecular weight is 455 g/mol. The summed E-state index contributed by atoms with van der Waals surface area (Å²) in [5, 5.41) is 3.27. The molecule has 1 heterocycles. The number of alkyl halides is 3. The number of aromatic nitrogens is 2. The molecule has 0 saturated heterocycles. The minimum absolute atomic E-state index is 0.107. The maximum absolute atomic E-state index is 13.9. The summed E-state index contributed by atoms with van der Waals surface area (Å²) in [7, 11) is 2.96. The zero-order valence-electron chi connectivity index (χ0n) is 17.8. The molecular formula is C24H20F3N3O3. The highest BCUT2D eigenvalue weighted by molar-refractivity contribution is 5.93. The number of rotatable bonds is 7. The van der Waals surface area contributed by atoms with Gasteiger partial charge in [0, 0.05) is 11.5 Å². The summed E-state index contributed by atoms with van der Waals surface area (Å²) in [6.07, 6.45) is -3.35. The predicted octanol–water partition coefficient (Wildman–Crippen LogP) is 5.99. The van der Waals surface area contributed by atoms with Crippen LogP contribution in [0.4, 0.5) is 24.7 Å². The third-order valence-electron chi connectivity index (χ3n) is 4.94. The lowest BCUT2D eigenvalue weighted by Gasteiger charge is -2.17. The fraction of sp³-hybridized carbons (Fsp3) is 0.167. The zero-order chi connectivity index (χ0) is 23.4. The number of fused-ring (bicyclic) bond motifs is 1. The van der Waals surface area contributed by atoms with Gasteiger partial charge in [-0.2, -0.15) is 13.2 Å². The summed E-state index contributed by atoms with van der Waals surface area (Å²) in [6, 6.07) is 16.2. The molecule has 1 aromatic heterocycles. The van der Waals surface area contributed by atoms with Crippen LogP contribution in [0.25, 0.3) is 10.9 Å². The second-order valence-corrected chi connectivity index (χ2v) is 7.05. The van der Waals surface area contributed by atoms with Gasteiger partial charge in [-0.1, -0.05) is 30.3 Å². The monoisotopic (exact) mass is 455 g/mol. The van der Waals surface area contributed by atoms with Gasteiger partial charge in [0.05, 0.1) is 31.0 Å². The van der Waals surface area contributed by atoms with Crippen molar-refractivity contribution in [3.05, 3.63) is 78.1 Å². The first-order valence-corrected chi connectivity index (χ1v) is 9.91. The molecule has 170 valence electrons. The van der Waals surface area contributed by atoms with E-state index in [1.54, 1.807) is 12.1 Å². The van der Waals surface area contributed by atoms with E-state index in [0.29, 0.717) is 22.4 Å². The number of nitrogens with one attached hydrogen (secondary N) is 1. The van der Waals surface area contributed by atoms with Crippen molar-refractivity contribution in [3.8, 4) is 17.2 Å². The highest BCUT2D eigenvalue weighted by atomic mass is 19.4. The molecule has 0 bridgehead atoms. The van der Waals surface area contributed by atoms with Gasteiger partial charge in [-0.15, -0.1) is 0 Å². The minimum Gasteiger partial charge on any atom is -0.493 e. The van der Waals surface area contributed by atoms with Crippen molar-refractivity contribution < 1.29 is 27.4 Å². The first-order valence-electron chi connectivity index (χ1n) is 9.91. The number of nitrogens with zero attached hydrogens (tertiary/aromatic N) is 2. The van der Waals surface area contributed by atoms with Gasteiger partial charge >= 0.3 is 6.18 Å². The SMILES string of the molecule is COc1cc2ncnc(Nc3ccc(OCc4ccccc4)cc3C(F)(F)F)c2cc1OC. The van der Waals surface area contributed by atoms with Crippen molar-refractivity contribution >= 4 is 22.4 Å². The topological polar surface area (TPSA) is 65.5 Å². The molecule has 4 aromatic rings. The van der Waals surface area contributed by atoms with Gasteiger partial charge in [0.15, 0.2) is 11.5 Å². The van der Waals surface area contributed by atoms with E-state index in [1.807, 2.05) is 30.3 Å². The van der Waals surface area contributed by atoms with Crippen LogP contribution in [0, 0.1) is 0 Å². The normalized spacial score (nSPS) is 11.3. The molecule has 0 radical (unpaired) electrons. The molecule has 1 N–H and O–H groups in total. The summed E-state index contributed by atoms with van der Waals surface area (Å²) in [4.78, 5) is 8.31. The van der Waals surface area contributed by atoms with Crippen molar-refractivity contribution in [3.63, 3.8) is 0 Å². The third-order valence-corrected chi connectivity index (χ3v) is 4.94. The van der Waals surface area contributed by atoms with Gasteiger partial charge in [0.25, 0.3) is 0 Å². The molecule has 0 saturated carbocycles. The van der Waals surface area contributed by atoms with Gasteiger partial charge in [-0.05, 0) is 29.8 Å². The molecule has 0 aliphatic heterocycles. The Balaban J connectivity index is 1.68. The lowest BCUT2D eigenvalue weighted by molar-refractivity contribution is -0.137. The van der Waals surface area contributed by atoms with Gasteiger partial charge in [0.1, 0.15) is 24.5 Å². The largest absolute Gasteiger partial charge is 0.493 e. The highest BCUT2D eigenvalue weighted by Crippen LogP contribution is 2.40. The molecule has 33 heavy (non-hydrogen) atoms. The van der Waals surface area contributed by atoms with Crippen LogP contribution < -0.4 is 19.5 Å². The van der Waals surface area contributed by atoms with Crippen LogP contribution >= 0.6 is 0 Å². The van der Waals surface area contributed by atoms with Crippen molar-refractivity contribution in [2.24, 2.45) is 0 Å². The van der Waals surface area contributed by atoms with E-state index in [-0.39, 0.29) is 23.9 Å². The molecule has 0 fully saturated rings. The van der Waals surface area contributed by atoms with Crippen LogP contribution in [-0.2, 0) is 12.8 Å². The Bertz CT molecular complexity index is 1260.